The Labute approximate surface area is 231 Å². The zero-order valence-electron chi connectivity index (χ0n) is 22.6. The molecule has 210 valence electrons. The van der Waals surface area contributed by atoms with E-state index in [0.29, 0.717) is 41.8 Å². The summed E-state index contributed by atoms with van der Waals surface area (Å²) in [5.41, 5.74) is 3.33. The number of fused-ring (bicyclic) bond motifs is 4. The topological polar surface area (TPSA) is 89.1 Å². The maximum absolute atomic E-state index is 13.7. The average molecular weight is 552 g/mol. The van der Waals surface area contributed by atoms with Crippen molar-refractivity contribution in [3.63, 3.8) is 0 Å². The zero-order valence-corrected chi connectivity index (χ0v) is 22.6. The maximum atomic E-state index is 13.7. The number of hydrogen-bond donors (Lipinski definition) is 1. The van der Waals surface area contributed by atoms with E-state index in [9.17, 15) is 13.6 Å². The molecule has 0 radical (unpaired) electrons. The van der Waals surface area contributed by atoms with E-state index in [4.69, 9.17) is 19.2 Å². The van der Waals surface area contributed by atoms with Crippen molar-refractivity contribution in [1.29, 1.82) is 0 Å². The molecule has 1 aromatic carbocycles. The Morgan fingerprint density at radius 3 is 2.88 bits per heavy atom. The fourth-order valence-corrected chi connectivity index (χ4v) is 5.49. The van der Waals surface area contributed by atoms with Crippen LogP contribution in [0.25, 0.3) is 11.3 Å². The molecule has 0 aliphatic carbocycles. The Bertz CT molecular complexity index is 1440. The minimum atomic E-state index is -2.58. The molecule has 3 aromatic rings. The van der Waals surface area contributed by atoms with Crippen molar-refractivity contribution in [3.05, 3.63) is 59.8 Å². The second-order valence-corrected chi connectivity index (χ2v) is 10.8. The van der Waals surface area contributed by atoms with Gasteiger partial charge in [0, 0.05) is 42.2 Å². The molecule has 2 aromatic heterocycles. The summed E-state index contributed by atoms with van der Waals surface area (Å²) >= 11 is 0. The zero-order chi connectivity index (χ0) is 28.0. The molecule has 6 rings (SSSR count). The van der Waals surface area contributed by atoms with Crippen LogP contribution < -0.4 is 19.9 Å². The Morgan fingerprint density at radius 1 is 1.25 bits per heavy atom. The molecule has 3 aliphatic rings. The number of benzene rings is 1. The molecule has 2 saturated heterocycles. The highest BCUT2D eigenvalue weighted by Crippen LogP contribution is 2.42. The van der Waals surface area contributed by atoms with Gasteiger partial charge in [-0.3, -0.25) is 4.90 Å². The van der Waals surface area contributed by atoms with Gasteiger partial charge in [-0.15, -0.1) is 0 Å². The van der Waals surface area contributed by atoms with Gasteiger partial charge in [0.2, 0.25) is 5.88 Å². The number of ether oxygens (including phenoxy) is 3. The quantitative estimate of drug-likeness (QED) is 0.430. The van der Waals surface area contributed by atoms with Crippen molar-refractivity contribution < 1.29 is 27.8 Å². The summed E-state index contributed by atoms with van der Waals surface area (Å²) in [6.45, 7) is 7.81. The van der Waals surface area contributed by atoms with Crippen LogP contribution in [0.3, 0.4) is 0 Å². The van der Waals surface area contributed by atoms with E-state index in [1.165, 1.54) is 12.1 Å². The first-order valence-electron chi connectivity index (χ1n) is 13.3. The Kier molecular flexibility index (Phi) is 6.79. The number of hydrogen-bond acceptors (Lipinski definition) is 7. The first kappa shape index (κ1) is 26.4. The van der Waals surface area contributed by atoms with E-state index < -0.39 is 12.2 Å². The summed E-state index contributed by atoms with van der Waals surface area (Å²) < 4.78 is 43.9. The van der Waals surface area contributed by atoms with E-state index in [1.807, 2.05) is 26.8 Å². The fraction of sp³-hybridized carbons (Fsp3) is 0.414. The van der Waals surface area contributed by atoms with E-state index in [0.717, 1.165) is 24.2 Å². The summed E-state index contributed by atoms with van der Waals surface area (Å²) in [7, 11) is 0. The molecule has 5 heterocycles. The lowest BCUT2D eigenvalue weighted by molar-refractivity contribution is -0.141. The van der Waals surface area contributed by atoms with E-state index >= 15 is 0 Å². The summed E-state index contributed by atoms with van der Waals surface area (Å²) in [6, 6.07) is 11.2. The monoisotopic (exact) mass is 551 g/mol. The highest BCUT2D eigenvalue weighted by atomic mass is 19.3. The van der Waals surface area contributed by atoms with Crippen LogP contribution in [0.15, 0.2) is 48.7 Å². The minimum absolute atomic E-state index is 0.0663. The van der Waals surface area contributed by atoms with Gasteiger partial charge in [0.15, 0.2) is 11.6 Å². The average Bonchev–Trinajstić information content (AvgIpc) is 3.51. The number of urea groups is 1. The number of pyridine rings is 2. The third-order valence-corrected chi connectivity index (χ3v) is 7.37. The number of amides is 2. The summed E-state index contributed by atoms with van der Waals surface area (Å²) in [5.74, 6) is 0.226. The summed E-state index contributed by atoms with van der Waals surface area (Å²) in [6.07, 6.45) is -0.431. The van der Waals surface area contributed by atoms with Crippen molar-refractivity contribution in [2.75, 3.05) is 41.4 Å². The number of anilines is 3. The van der Waals surface area contributed by atoms with Crippen molar-refractivity contribution in [1.82, 2.24) is 9.97 Å². The van der Waals surface area contributed by atoms with Gasteiger partial charge in [-0.05, 0) is 51.0 Å². The number of carbonyl (C=O) groups is 1. The number of nitrogens with one attached hydrogen (secondary N) is 1. The van der Waals surface area contributed by atoms with Gasteiger partial charge in [-0.25, -0.2) is 23.5 Å². The lowest BCUT2D eigenvalue weighted by Gasteiger charge is -2.36. The number of rotatable bonds is 6. The Hall–Kier alpha value is -3.83. The summed E-state index contributed by atoms with van der Waals surface area (Å²) in [4.78, 5) is 26.7. The van der Waals surface area contributed by atoms with Crippen LogP contribution in [-0.2, 0) is 9.47 Å². The highest BCUT2D eigenvalue weighted by molar-refractivity contribution is 6.05. The standard InChI is InChI=1S/C29H31F2N5O4/c1-17-11-23-27(34-25(17)18-5-4-6-19(12-18)26(30)31)36(21-8-10-35(23)14-21)28(37)33-20-7-9-32-24(13-20)38-15-22-16-39-29(2,3)40-22/h4-7,9,11-13,21-22,26H,8,10,14-16H2,1-3H3,(H,32,33,37)/t21-,22+/m0/s1. The molecule has 2 bridgehead atoms. The summed E-state index contributed by atoms with van der Waals surface area (Å²) in [5, 5.41) is 2.97. The number of carbonyl (C=O) groups excluding carboxylic acids is 1. The Morgan fingerprint density at radius 2 is 2.10 bits per heavy atom. The molecule has 40 heavy (non-hydrogen) atoms. The predicted octanol–water partition coefficient (Wildman–Crippen LogP) is 5.55. The van der Waals surface area contributed by atoms with Crippen LogP contribution in [0, 0.1) is 6.92 Å². The molecular formula is C29H31F2N5O4. The molecule has 1 N–H and O–H groups in total. The van der Waals surface area contributed by atoms with Gasteiger partial charge in [0.25, 0.3) is 6.43 Å². The highest BCUT2D eigenvalue weighted by Gasteiger charge is 2.41. The second-order valence-electron chi connectivity index (χ2n) is 10.8. The van der Waals surface area contributed by atoms with Gasteiger partial charge >= 0.3 is 6.03 Å². The SMILES string of the molecule is Cc1cc2c(nc1-c1cccc(C(F)F)c1)N(C(=O)Nc1ccnc(OC[C@@H]3COC(C)(C)O3)c1)[C@H]1CCN2C1. The van der Waals surface area contributed by atoms with Gasteiger partial charge in [0.05, 0.1) is 24.0 Å². The van der Waals surface area contributed by atoms with Crippen molar-refractivity contribution >= 4 is 23.2 Å². The molecule has 0 unspecified atom stereocenters. The first-order chi connectivity index (χ1) is 19.2. The van der Waals surface area contributed by atoms with Crippen LogP contribution in [0.1, 0.15) is 37.8 Å². The van der Waals surface area contributed by atoms with E-state index in [2.05, 4.69) is 15.2 Å². The third-order valence-electron chi connectivity index (χ3n) is 7.37. The Balaban J connectivity index is 1.24. The normalized spacial score (nSPS) is 21.1. The molecular weight excluding hydrogens is 520 g/mol. The molecule has 9 nitrogen and oxygen atoms in total. The molecule has 2 amide bonds. The van der Waals surface area contributed by atoms with Gasteiger partial charge in [0.1, 0.15) is 12.7 Å². The van der Waals surface area contributed by atoms with Gasteiger partial charge < -0.3 is 24.4 Å². The van der Waals surface area contributed by atoms with Crippen molar-refractivity contribution in [2.45, 2.75) is 51.6 Å². The molecule has 0 spiro atoms. The lowest BCUT2D eigenvalue weighted by atomic mass is 10.0. The van der Waals surface area contributed by atoms with Crippen LogP contribution >= 0.6 is 0 Å². The molecule has 11 heteroatoms. The first-order valence-corrected chi connectivity index (χ1v) is 13.3. The number of aryl methyl sites for hydroxylation is 1. The van der Waals surface area contributed by atoms with Gasteiger partial charge in [-0.1, -0.05) is 18.2 Å². The number of nitrogens with zero attached hydrogens (tertiary/aromatic N) is 4. The smallest absolute Gasteiger partial charge is 0.327 e. The van der Waals surface area contributed by atoms with Crippen LogP contribution in [0.2, 0.25) is 0 Å². The van der Waals surface area contributed by atoms with E-state index in [1.54, 1.807) is 35.4 Å². The van der Waals surface area contributed by atoms with Gasteiger partial charge in [-0.2, -0.15) is 0 Å². The number of aromatic nitrogens is 2. The van der Waals surface area contributed by atoms with Crippen LogP contribution in [0.5, 0.6) is 5.88 Å². The number of halogens is 2. The van der Waals surface area contributed by atoms with Crippen LogP contribution in [0.4, 0.5) is 30.8 Å². The van der Waals surface area contributed by atoms with Crippen LogP contribution in [-0.4, -0.2) is 60.2 Å². The molecule has 3 aliphatic heterocycles. The second kappa shape index (κ2) is 10.3. The number of alkyl halides is 2. The van der Waals surface area contributed by atoms with E-state index in [-0.39, 0.29) is 30.3 Å². The molecule has 2 atom stereocenters. The predicted molar refractivity (Wildman–Crippen MR) is 146 cm³/mol. The maximum Gasteiger partial charge on any atom is 0.327 e. The molecule has 2 fully saturated rings. The largest absolute Gasteiger partial charge is 0.475 e. The minimum Gasteiger partial charge on any atom is -0.475 e. The lowest BCUT2D eigenvalue weighted by Crippen LogP contribution is -2.48. The van der Waals surface area contributed by atoms with Crippen molar-refractivity contribution in [2.24, 2.45) is 0 Å². The third kappa shape index (κ3) is 5.18. The van der Waals surface area contributed by atoms with Crippen molar-refractivity contribution in [3.8, 4) is 17.1 Å². The molecule has 0 saturated carbocycles. The fourth-order valence-electron chi connectivity index (χ4n) is 5.49.